The molecule has 1 rings (SSSR count). The first kappa shape index (κ1) is 6.99. The van der Waals surface area contributed by atoms with Crippen molar-refractivity contribution in [2.24, 2.45) is 0 Å². The van der Waals surface area contributed by atoms with Crippen LogP contribution in [-0.4, -0.2) is 13.5 Å². The van der Waals surface area contributed by atoms with Crippen molar-refractivity contribution in [2.75, 3.05) is 0 Å². The lowest BCUT2D eigenvalue weighted by Crippen LogP contribution is -1.58. The van der Waals surface area contributed by atoms with Crippen LogP contribution in [0.5, 0.6) is 0 Å². The van der Waals surface area contributed by atoms with E-state index in [2.05, 4.69) is 13.5 Å². The molecule has 0 aromatic carbocycles. The quantitative estimate of drug-likeness (QED) is 0.673. The number of rotatable bonds is 0. The van der Waals surface area contributed by atoms with Crippen LogP contribution in [0.15, 0.2) is 0 Å². The van der Waals surface area contributed by atoms with Crippen LogP contribution < -0.4 is 0 Å². The summed E-state index contributed by atoms with van der Waals surface area (Å²) in [5.41, 5.74) is 0. The SMILES string of the molecule is Clp1np[nH]p(Cl)[nH]1. The molecule has 0 aliphatic heterocycles. The van der Waals surface area contributed by atoms with Gasteiger partial charge in [0.25, 0.3) is 0 Å². The summed E-state index contributed by atoms with van der Waals surface area (Å²) >= 11 is 11.2. The van der Waals surface area contributed by atoms with Crippen LogP contribution in [0.25, 0.3) is 0 Å². The lowest BCUT2D eigenvalue weighted by atomic mass is 13.9. The number of aromatic nitrogens is 3. The molecule has 1 aromatic heterocycles. The van der Waals surface area contributed by atoms with Gasteiger partial charge in [0.2, 0.25) is 0 Å². The normalized spacial score (nSPS) is 14.8. The van der Waals surface area contributed by atoms with Gasteiger partial charge in [0.15, 0.2) is 7.20 Å². The highest BCUT2D eigenvalue weighted by Gasteiger charge is 1.84. The third kappa shape index (κ3) is 2.01. The molecule has 3 nitrogen and oxygen atoms in total. The number of H-pyrrole nitrogens is 2. The summed E-state index contributed by atoms with van der Waals surface area (Å²) in [4.78, 5) is 0. The molecule has 8 heteroatoms. The van der Waals surface area contributed by atoms with Crippen LogP contribution >= 0.6 is 45.4 Å². The average Bonchev–Trinajstić information content (AvgIpc) is 1.64. The van der Waals surface area contributed by atoms with Gasteiger partial charge >= 0.3 is 0 Å². The first-order valence-electron chi connectivity index (χ1n) is 1.63. The van der Waals surface area contributed by atoms with Gasteiger partial charge in [-0.2, -0.15) is 4.51 Å². The Labute approximate surface area is 59.3 Å². The largest absolute Gasteiger partial charge is 0.287 e. The Hall–Kier alpha value is 0.880. The van der Waals surface area contributed by atoms with Crippen LogP contribution in [-0.2, 0) is 0 Å². The molecule has 0 fully saturated rings. The first-order valence-corrected chi connectivity index (χ1v) is 6.93. The van der Waals surface area contributed by atoms with E-state index >= 15 is 0 Å². The number of halogens is 2. The second-order valence-electron chi connectivity index (χ2n) is 0.930. The van der Waals surface area contributed by atoms with Crippen LogP contribution in [0.2, 0.25) is 0 Å². The van der Waals surface area contributed by atoms with E-state index in [1.807, 2.05) is 0 Å². The maximum atomic E-state index is 5.62. The minimum atomic E-state index is -0.862. The molecule has 0 saturated heterocycles. The Balaban J connectivity index is 3.08. The van der Waals surface area contributed by atoms with E-state index in [0.29, 0.717) is 0 Å². The standard InChI is InChI=1S/Cl2H2N3P3/c1-7-3-6-4-8(2)5-7/h5H,(H,3,4). The molecular formula is H2Cl2N3P3. The van der Waals surface area contributed by atoms with Crippen molar-refractivity contribution in [1.82, 2.24) is 13.5 Å². The van der Waals surface area contributed by atoms with Gasteiger partial charge in [0.1, 0.15) is 15.7 Å². The summed E-state index contributed by atoms with van der Waals surface area (Å²) < 4.78 is 9.62. The molecule has 0 saturated carbocycles. The third-order valence-corrected chi connectivity index (χ3v) is 6.48. The monoisotopic (exact) mass is 207 g/mol. The van der Waals surface area contributed by atoms with Gasteiger partial charge < -0.3 is 0 Å². The van der Waals surface area contributed by atoms with Crippen molar-refractivity contribution in [3.8, 4) is 0 Å². The average molecular weight is 208 g/mol. The Morgan fingerprint density at radius 1 is 1.50 bits per heavy atom. The molecule has 0 spiro atoms. The molecule has 2 N–H and O–H groups in total. The van der Waals surface area contributed by atoms with Crippen LogP contribution in [0.3, 0.4) is 0 Å². The highest BCUT2D eigenvalue weighted by molar-refractivity contribution is 7.83. The summed E-state index contributed by atoms with van der Waals surface area (Å²) in [6.07, 6.45) is 0. The topological polar surface area (TPSA) is 44.5 Å². The molecular weight excluding hydrogens is 206 g/mol. The minimum Gasteiger partial charge on any atom is -0.287 e. The molecule has 0 aliphatic carbocycles. The zero-order valence-corrected chi connectivity index (χ0v) is 7.74. The van der Waals surface area contributed by atoms with Crippen molar-refractivity contribution < 1.29 is 0 Å². The third-order valence-electron chi connectivity index (χ3n) is 0.426. The van der Waals surface area contributed by atoms with Crippen molar-refractivity contribution in [1.29, 1.82) is 0 Å². The fourth-order valence-corrected chi connectivity index (χ4v) is 5.32. The lowest BCUT2D eigenvalue weighted by molar-refractivity contribution is 1.68. The molecule has 1 aromatic rings. The van der Waals surface area contributed by atoms with Crippen LogP contribution in [0, 0.1) is 0 Å². The maximum Gasteiger partial charge on any atom is 0.154 e. The van der Waals surface area contributed by atoms with Gasteiger partial charge in [-0.15, -0.1) is 0 Å². The van der Waals surface area contributed by atoms with Crippen LogP contribution in [0.4, 0.5) is 0 Å². The fraction of sp³-hybridized carbons (Fsp3) is 0. The predicted molar refractivity (Wildman–Crippen MR) is 41.0 cm³/mol. The Morgan fingerprint density at radius 2 is 2.25 bits per heavy atom. The number of aromatic amines is 2. The van der Waals surface area contributed by atoms with Gasteiger partial charge in [-0.1, -0.05) is 0 Å². The van der Waals surface area contributed by atoms with Crippen molar-refractivity contribution in [3.63, 3.8) is 0 Å². The van der Waals surface area contributed by atoms with E-state index in [4.69, 9.17) is 22.5 Å². The molecule has 8 heavy (non-hydrogen) atoms. The number of nitrogens with zero attached hydrogens (tertiary/aromatic N) is 1. The number of hydrogen-bond acceptors (Lipinski definition) is 1. The van der Waals surface area contributed by atoms with Gasteiger partial charge in [0, 0.05) is 0 Å². The van der Waals surface area contributed by atoms with Crippen molar-refractivity contribution >= 4 is 45.4 Å². The summed E-state index contributed by atoms with van der Waals surface area (Å²) in [5, 5.41) is 0. The Kier molecular flexibility index (Phi) is 2.75. The minimum absolute atomic E-state index is 0.768. The van der Waals surface area contributed by atoms with Gasteiger partial charge in [0.05, 0.1) is 0 Å². The smallest absolute Gasteiger partial charge is 0.154 e. The van der Waals surface area contributed by atoms with E-state index in [1.165, 1.54) is 0 Å². The maximum absolute atomic E-state index is 5.62. The highest BCUT2D eigenvalue weighted by Crippen LogP contribution is 2.35. The van der Waals surface area contributed by atoms with Gasteiger partial charge in [-0.3, -0.25) is 9.02 Å². The second-order valence-corrected chi connectivity index (χ2v) is 6.50. The summed E-state index contributed by atoms with van der Waals surface area (Å²) in [5.74, 6) is 0. The number of nitrogens with one attached hydrogen (secondary N) is 2. The lowest BCUT2D eigenvalue weighted by Gasteiger charge is -1.89. The molecule has 1 heterocycles. The zero-order chi connectivity index (χ0) is 5.98. The molecule has 46 valence electrons. The van der Waals surface area contributed by atoms with E-state index in [1.54, 1.807) is 0 Å². The summed E-state index contributed by atoms with van der Waals surface area (Å²) in [6, 6.07) is 0. The van der Waals surface area contributed by atoms with E-state index in [9.17, 15) is 0 Å². The van der Waals surface area contributed by atoms with Crippen molar-refractivity contribution in [2.45, 2.75) is 0 Å². The van der Waals surface area contributed by atoms with E-state index in [0.717, 1.165) is 8.51 Å². The number of hydrogen-bond donors (Lipinski definition) is 2. The van der Waals surface area contributed by atoms with E-state index < -0.39 is 14.4 Å². The van der Waals surface area contributed by atoms with Gasteiger partial charge in [-0.25, -0.2) is 0 Å². The zero-order valence-electron chi connectivity index (χ0n) is 3.54. The summed E-state index contributed by atoms with van der Waals surface area (Å²) in [7, 11) is -0.837. The van der Waals surface area contributed by atoms with Crippen molar-refractivity contribution in [3.05, 3.63) is 0 Å². The fourth-order valence-electron chi connectivity index (χ4n) is 0.213. The molecule has 2 unspecified atom stereocenters. The molecule has 0 aliphatic rings. The van der Waals surface area contributed by atoms with Gasteiger partial charge in [-0.05, 0) is 22.5 Å². The predicted octanol–water partition coefficient (Wildman–Crippen LogP) is 3.42. The highest BCUT2D eigenvalue weighted by atomic mass is 35.7. The van der Waals surface area contributed by atoms with Crippen LogP contribution in [0.1, 0.15) is 0 Å². The second kappa shape index (κ2) is 3.15. The van der Waals surface area contributed by atoms with E-state index in [-0.39, 0.29) is 0 Å². The Morgan fingerprint density at radius 3 is 2.62 bits per heavy atom. The molecule has 0 amide bonds. The Bertz CT molecular complexity index is 172. The first-order chi connectivity index (χ1) is 3.79. The molecule has 2 atom stereocenters. The molecule has 0 radical (unpaired) electrons. The molecule has 0 bridgehead atoms. The summed E-state index contributed by atoms with van der Waals surface area (Å²) in [6.45, 7) is 0.